The summed E-state index contributed by atoms with van der Waals surface area (Å²) in [7, 11) is 0. The number of hydrogen-bond donors (Lipinski definition) is 1. The molecular formula is C16H20FN3. The van der Waals surface area contributed by atoms with Gasteiger partial charge < -0.3 is 5.32 Å². The number of aryl methyl sites for hydroxylation is 1. The Morgan fingerprint density at radius 2 is 1.95 bits per heavy atom. The Morgan fingerprint density at radius 1 is 1.20 bits per heavy atom. The second kappa shape index (κ2) is 6.46. The molecule has 0 aliphatic heterocycles. The quantitative estimate of drug-likeness (QED) is 0.902. The maximum atomic E-state index is 13.5. The van der Waals surface area contributed by atoms with Crippen LogP contribution < -0.4 is 5.32 Å². The monoisotopic (exact) mass is 273 g/mol. The minimum absolute atomic E-state index is 0.156. The molecule has 1 heterocycles. The maximum absolute atomic E-state index is 13.5. The Balaban J connectivity index is 1.99. The Labute approximate surface area is 119 Å². The van der Waals surface area contributed by atoms with E-state index in [1.165, 1.54) is 6.07 Å². The van der Waals surface area contributed by atoms with E-state index in [2.05, 4.69) is 29.1 Å². The van der Waals surface area contributed by atoms with Crippen LogP contribution in [0, 0.1) is 12.7 Å². The molecule has 0 fully saturated rings. The third-order valence-electron chi connectivity index (χ3n) is 3.05. The van der Waals surface area contributed by atoms with E-state index in [1.54, 1.807) is 6.07 Å². The summed E-state index contributed by atoms with van der Waals surface area (Å²) in [5, 5.41) is 3.24. The van der Waals surface area contributed by atoms with Crippen molar-refractivity contribution in [3.05, 3.63) is 53.2 Å². The zero-order chi connectivity index (χ0) is 14.5. The molecule has 1 aromatic carbocycles. The number of aromatic nitrogens is 2. The lowest BCUT2D eigenvalue weighted by Crippen LogP contribution is -2.10. The van der Waals surface area contributed by atoms with Crippen LogP contribution in [-0.2, 0) is 6.42 Å². The first-order valence-corrected chi connectivity index (χ1v) is 6.89. The molecule has 0 aliphatic rings. The summed E-state index contributed by atoms with van der Waals surface area (Å²) in [6, 6.07) is 8.76. The fourth-order valence-corrected chi connectivity index (χ4v) is 1.97. The van der Waals surface area contributed by atoms with Gasteiger partial charge in [-0.2, -0.15) is 0 Å². The van der Waals surface area contributed by atoms with Gasteiger partial charge in [-0.25, -0.2) is 14.4 Å². The number of hydrogen-bond acceptors (Lipinski definition) is 3. The minimum Gasteiger partial charge on any atom is -0.370 e. The number of halogens is 1. The van der Waals surface area contributed by atoms with Crippen molar-refractivity contribution in [1.29, 1.82) is 0 Å². The highest BCUT2D eigenvalue weighted by Crippen LogP contribution is 2.14. The van der Waals surface area contributed by atoms with E-state index in [4.69, 9.17) is 0 Å². The molecule has 0 amide bonds. The number of rotatable bonds is 5. The highest BCUT2D eigenvalue weighted by atomic mass is 19.1. The summed E-state index contributed by atoms with van der Waals surface area (Å²) in [6.07, 6.45) is 0.632. The van der Waals surface area contributed by atoms with Crippen LogP contribution in [0.4, 0.5) is 10.2 Å². The summed E-state index contributed by atoms with van der Waals surface area (Å²) in [4.78, 5) is 8.87. The average Bonchev–Trinajstić information content (AvgIpc) is 2.40. The summed E-state index contributed by atoms with van der Waals surface area (Å²) in [5.41, 5.74) is 1.66. The molecule has 3 nitrogen and oxygen atoms in total. The van der Waals surface area contributed by atoms with Gasteiger partial charge in [-0.1, -0.05) is 32.0 Å². The van der Waals surface area contributed by atoms with Crippen LogP contribution in [0.2, 0.25) is 0 Å². The van der Waals surface area contributed by atoms with Crippen molar-refractivity contribution in [3.63, 3.8) is 0 Å². The summed E-state index contributed by atoms with van der Waals surface area (Å²) < 4.78 is 13.5. The number of nitrogens with zero attached hydrogens (tertiary/aromatic N) is 2. The lowest BCUT2D eigenvalue weighted by molar-refractivity contribution is 0.610. The second-order valence-electron chi connectivity index (χ2n) is 5.18. The molecule has 0 bridgehead atoms. The van der Waals surface area contributed by atoms with Crippen LogP contribution in [0.1, 0.15) is 36.8 Å². The third-order valence-corrected chi connectivity index (χ3v) is 3.05. The first kappa shape index (κ1) is 14.4. The second-order valence-corrected chi connectivity index (χ2v) is 5.18. The highest BCUT2D eigenvalue weighted by molar-refractivity contribution is 5.36. The van der Waals surface area contributed by atoms with Crippen molar-refractivity contribution >= 4 is 5.82 Å². The average molecular weight is 273 g/mol. The van der Waals surface area contributed by atoms with Crippen LogP contribution >= 0.6 is 0 Å². The highest BCUT2D eigenvalue weighted by Gasteiger charge is 2.06. The predicted octanol–water partition coefficient (Wildman–Crippen LogP) is 3.70. The normalized spacial score (nSPS) is 10.8. The molecule has 0 saturated carbocycles. The molecule has 1 aromatic heterocycles. The third kappa shape index (κ3) is 3.76. The van der Waals surface area contributed by atoms with E-state index in [0.29, 0.717) is 18.9 Å². The van der Waals surface area contributed by atoms with Crippen molar-refractivity contribution in [2.45, 2.75) is 33.1 Å². The molecule has 2 rings (SSSR count). The molecule has 0 aliphatic carbocycles. The lowest BCUT2D eigenvalue weighted by Gasteiger charge is -2.10. The van der Waals surface area contributed by atoms with Gasteiger partial charge in [0.05, 0.1) is 0 Å². The fraction of sp³-hybridized carbons (Fsp3) is 0.375. The zero-order valence-electron chi connectivity index (χ0n) is 12.2. The first-order chi connectivity index (χ1) is 9.56. The van der Waals surface area contributed by atoms with E-state index in [1.807, 2.05) is 25.1 Å². The Bertz CT molecular complexity index is 582. The summed E-state index contributed by atoms with van der Waals surface area (Å²) in [5.74, 6) is 1.77. The van der Waals surface area contributed by atoms with Crippen LogP contribution in [-0.4, -0.2) is 16.5 Å². The van der Waals surface area contributed by atoms with Gasteiger partial charge in [0.1, 0.15) is 17.5 Å². The van der Waals surface area contributed by atoms with Crippen molar-refractivity contribution < 1.29 is 4.39 Å². The van der Waals surface area contributed by atoms with Crippen molar-refractivity contribution in [1.82, 2.24) is 9.97 Å². The molecule has 0 unspecified atom stereocenters. The minimum atomic E-state index is -0.156. The fourth-order valence-electron chi connectivity index (χ4n) is 1.97. The zero-order valence-corrected chi connectivity index (χ0v) is 12.2. The number of benzene rings is 1. The molecule has 0 atom stereocenters. The van der Waals surface area contributed by atoms with Gasteiger partial charge in [0.2, 0.25) is 0 Å². The Hall–Kier alpha value is -1.97. The van der Waals surface area contributed by atoms with Crippen LogP contribution in [0.15, 0.2) is 30.3 Å². The van der Waals surface area contributed by atoms with Gasteiger partial charge in [-0.15, -0.1) is 0 Å². The van der Waals surface area contributed by atoms with Crippen LogP contribution in [0.25, 0.3) is 0 Å². The standard InChI is InChI=1S/C16H20FN3/c1-11(2)16-19-12(3)10-15(20-16)18-9-8-13-6-4-5-7-14(13)17/h4-7,10-11H,8-9H2,1-3H3,(H,18,19,20). The Morgan fingerprint density at radius 3 is 2.65 bits per heavy atom. The van der Waals surface area contributed by atoms with Gasteiger partial charge in [0, 0.05) is 24.2 Å². The number of nitrogens with one attached hydrogen (secondary N) is 1. The predicted molar refractivity (Wildman–Crippen MR) is 79.5 cm³/mol. The lowest BCUT2D eigenvalue weighted by atomic mass is 10.1. The van der Waals surface area contributed by atoms with Crippen LogP contribution in [0.3, 0.4) is 0 Å². The van der Waals surface area contributed by atoms with E-state index in [0.717, 1.165) is 22.9 Å². The van der Waals surface area contributed by atoms with Gasteiger partial charge in [0.25, 0.3) is 0 Å². The molecule has 0 saturated heterocycles. The molecule has 106 valence electrons. The van der Waals surface area contributed by atoms with Crippen LogP contribution in [0.5, 0.6) is 0 Å². The van der Waals surface area contributed by atoms with Crippen molar-refractivity contribution in [2.24, 2.45) is 0 Å². The molecule has 0 spiro atoms. The van der Waals surface area contributed by atoms with Crippen molar-refractivity contribution in [3.8, 4) is 0 Å². The summed E-state index contributed by atoms with van der Waals surface area (Å²) >= 11 is 0. The van der Waals surface area contributed by atoms with E-state index in [-0.39, 0.29) is 5.82 Å². The smallest absolute Gasteiger partial charge is 0.133 e. The van der Waals surface area contributed by atoms with Gasteiger partial charge >= 0.3 is 0 Å². The van der Waals surface area contributed by atoms with E-state index in [9.17, 15) is 4.39 Å². The molecule has 0 radical (unpaired) electrons. The topological polar surface area (TPSA) is 37.8 Å². The summed E-state index contributed by atoms with van der Waals surface area (Å²) in [6.45, 7) is 6.74. The van der Waals surface area contributed by atoms with E-state index >= 15 is 0 Å². The van der Waals surface area contributed by atoms with Gasteiger partial charge in [-0.3, -0.25) is 0 Å². The molecular weight excluding hydrogens is 253 g/mol. The first-order valence-electron chi connectivity index (χ1n) is 6.89. The van der Waals surface area contributed by atoms with Gasteiger partial charge in [0.15, 0.2) is 0 Å². The number of anilines is 1. The molecule has 1 N–H and O–H groups in total. The SMILES string of the molecule is Cc1cc(NCCc2ccccc2F)nc(C(C)C)n1. The van der Waals surface area contributed by atoms with Gasteiger partial charge in [-0.05, 0) is 25.0 Å². The largest absolute Gasteiger partial charge is 0.370 e. The van der Waals surface area contributed by atoms with Crippen molar-refractivity contribution in [2.75, 3.05) is 11.9 Å². The maximum Gasteiger partial charge on any atom is 0.133 e. The Kier molecular flexibility index (Phi) is 4.66. The van der Waals surface area contributed by atoms with E-state index < -0.39 is 0 Å². The molecule has 4 heteroatoms. The molecule has 2 aromatic rings. The molecule has 20 heavy (non-hydrogen) atoms.